The zero-order chi connectivity index (χ0) is 17.7. The van der Waals surface area contributed by atoms with Crippen LogP contribution in [0.15, 0.2) is 23.1 Å². The molecule has 1 amide bonds. The van der Waals surface area contributed by atoms with E-state index >= 15 is 0 Å². The van der Waals surface area contributed by atoms with Crippen LogP contribution in [0.2, 0.25) is 0 Å². The van der Waals surface area contributed by atoms with E-state index < -0.39 is 15.8 Å². The van der Waals surface area contributed by atoms with Gasteiger partial charge in [0.2, 0.25) is 15.9 Å². The van der Waals surface area contributed by atoms with Crippen LogP contribution in [0.25, 0.3) is 0 Å². The third kappa shape index (κ3) is 4.05. The molecule has 1 aliphatic heterocycles. The van der Waals surface area contributed by atoms with Crippen LogP contribution in [0.3, 0.4) is 0 Å². The van der Waals surface area contributed by atoms with Crippen LogP contribution < -0.4 is 10.1 Å². The minimum Gasteiger partial charge on any atom is -0.495 e. The molecule has 0 bridgehead atoms. The van der Waals surface area contributed by atoms with Gasteiger partial charge in [0.15, 0.2) is 0 Å². The SMILES string of the molecule is CCCNC(=O)C1CCCN(S(=O)(=O)c2cc(F)ccc2OC)C1. The Labute approximate surface area is 142 Å². The van der Waals surface area contributed by atoms with Crippen LogP contribution in [0.4, 0.5) is 4.39 Å². The summed E-state index contributed by atoms with van der Waals surface area (Å²) in [5, 5.41) is 2.80. The normalized spacial score (nSPS) is 19.0. The van der Waals surface area contributed by atoms with E-state index in [4.69, 9.17) is 4.74 Å². The number of benzene rings is 1. The molecule has 1 N–H and O–H groups in total. The molecule has 6 nitrogen and oxygen atoms in total. The molecule has 24 heavy (non-hydrogen) atoms. The van der Waals surface area contributed by atoms with Crippen molar-refractivity contribution >= 4 is 15.9 Å². The first-order valence-corrected chi connectivity index (χ1v) is 9.45. The molecule has 1 aliphatic rings. The average molecular weight is 358 g/mol. The molecule has 1 unspecified atom stereocenters. The van der Waals surface area contributed by atoms with Gasteiger partial charge in [-0.2, -0.15) is 4.31 Å². The number of nitrogens with zero attached hydrogens (tertiary/aromatic N) is 1. The molecule has 1 saturated heterocycles. The van der Waals surface area contributed by atoms with Crippen molar-refractivity contribution in [1.29, 1.82) is 0 Å². The number of ether oxygens (including phenoxy) is 1. The van der Waals surface area contributed by atoms with Crippen LogP contribution in [0.1, 0.15) is 26.2 Å². The van der Waals surface area contributed by atoms with Gasteiger partial charge in [-0.05, 0) is 37.5 Å². The summed E-state index contributed by atoms with van der Waals surface area (Å²) in [4.78, 5) is 11.9. The van der Waals surface area contributed by atoms with E-state index in [1.54, 1.807) is 0 Å². The van der Waals surface area contributed by atoms with Gasteiger partial charge in [0.25, 0.3) is 0 Å². The van der Waals surface area contributed by atoms with Crippen molar-refractivity contribution in [1.82, 2.24) is 9.62 Å². The maximum Gasteiger partial charge on any atom is 0.246 e. The van der Waals surface area contributed by atoms with Crippen molar-refractivity contribution in [2.45, 2.75) is 31.1 Å². The highest BCUT2D eigenvalue weighted by molar-refractivity contribution is 7.89. The highest BCUT2D eigenvalue weighted by Gasteiger charge is 2.34. The first-order valence-electron chi connectivity index (χ1n) is 8.01. The number of hydrogen-bond acceptors (Lipinski definition) is 4. The molecule has 1 atom stereocenters. The first kappa shape index (κ1) is 18.7. The van der Waals surface area contributed by atoms with E-state index in [0.717, 1.165) is 18.6 Å². The van der Waals surface area contributed by atoms with E-state index in [2.05, 4.69) is 5.32 Å². The summed E-state index contributed by atoms with van der Waals surface area (Å²) >= 11 is 0. The van der Waals surface area contributed by atoms with Crippen LogP contribution >= 0.6 is 0 Å². The Hall–Kier alpha value is -1.67. The second kappa shape index (κ2) is 7.94. The molecule has 1 heterocycles. The van der Waals surface area contributed by atoms with Crippen molar-refractivity contribution < 1.29 is 22.3 Å². The molecule has 134 valence electrons. The van der Waals surface area contributed by atoms with Crippen molar-refractivity contribution in [3.8, 4) is 5.75 Å². The van der Waals surface area contributed by atoms with Crippen molar-refractivity contribution in [3.05, 3.63) is 24.0 Å². The molecule has 0 saturated carbocycles. The predicted octanol–water partition coefficient (Wildman–Crippen LogP) is 1.76. The topological polar surface area (TPSA) is 75.7 Å². The van der Waals surface area contributed by atoms with Gasteiger partial charge < -0.3 is 10.1 Å². The maximum atomic E-state index is 13.5. The lowest BCUT2D eigenvalue weighted by Crippen LogP contribution is -2.45. The highest BCUT2D eigenvalue weighted by Crippen LogP contribution is 2.30. The minimum absolute atomic E-state index is 0.0916. The van der Waals surface area contributed by atoms with Gasteiger partial charge in [-0.15, -0.1) is 0 Å². The van der Waals surface area contributed by atoms with Crippen molar-refractivity contribution in [2.24, 2.45) is 5.92 Å². The Bertz CT molecular complexity index is 693. The lowest BCUT2D eigenvalue weighted by Gasteiger charge is -2.31. The number of carbonyl (C=O) groups is 1. The van der Waals surface area contributed by atoms with Crippen LogP contribution in [-0.2, 0) is 14.8 Å². The number of hydrogen-bond donors (Lipinski definition) is 1. The largest absolute Gasteiger partial charge is 0.495 e. The Balaban J connectivity index is 2.23. The predicted molar refractivity (Wildman–Crippen MR) is 87.7 cm³/mol. The van der Waals surface area contributed by atoms with E-state index in [1.807, 2.05) is 6.92 Å². The number of methoxy groups -OCH3 is 1. The van der Waals surface area contributed by atoms with Gasteiger partial charge in [0.1, 0.15) is 16.5 Å². The average Bonchev–Trinajstić information content (AvgIpc) is 2.59. The molecule has 0 spiro atoms. The number of carbonyl (C=O) groups excluding carboxylic acids is 1. The van der Waals surface area contributed by atoms with Crippen LogP contribution in [0, 0.1) is 11.7 Å². The van der Waals surface area contributed by atoms with E-state index in [1.165, 1.54) is 17.5 Å². The number of halogens is 1. The summed E-state index contributed by atoms with van der Waals surface area (Å²) < 4.78 is 45.5. The Morgan fingerprint density at radius 1 is 1.46 bits per heavy atom. The van der Waals surface area contributed by atoms with Crippen LogP contribution in [0.5, 0.6) is 5.75 Å². The van der Waals surface area contributed by atoms with Gasteiger partial charge >= 0.3 is 0 Å². The number of sulfonamides is 1. The Morgan fingerprint density at radius 2 is 2.21 bits per heavy atom. The van der Waals surface area contributed by atoms with Gasteiger partial charge in [0, 0.05) is 19.6 Å². The number of piperidine rings is 1. The summed E-state index contributed by atoms with van der Waals surface area (Å²) in [6, 6.07) is 3.39. The molecule has 1 aromatic carbocycles. The lowest BCUT2D eigenvalue weighted by molar-refractivity contribution is -0.126. The van der Waals surface area contributed by atoms with Crippen molar-refractivity contribution in [2.75, 3.05) is 26.7 Å². The van der Waals surface area contributed by atoms with Gasteiger partial charge in [0.05, 0.1) is 13.0 Å². The third-order valence-corrected chi connectivity index (χ3v) is 5.93. The van der Waals surface area contributed by atoms with Crippen molar-refractivity contribution in [3.63, 3.8) is 0 Å². The Morgan fingerprint density at radius 3 is 2.88 bits per heavy atom. The van der Waals surface area contributed by atoms with E-state index in [-0.39, 0.29) is 29.0 Å². The third-order valence-electron chi connectivity index (χ3n) is 4.05. The fourth-order valence-electron chi connectivity index (χ4n) is 2.76. The molecule has 0 aliphatic carbocycles. The molecular weight excluding hydrogens is 335 g/mol. The Kier molecular flexibility index (Phi) is 6.17. The minimum atomic E-state index is -3.93. The summed E-state index contributed by atoms with van der Waals surface area (Å²) in [5.74, 6) is -1.08. The fourth-order valence-corrected chi connectivity index (χ4v) is 4.45. The highest BCUT2D eigenvalue weighted by atomic mass is 32.2. The fraction of sp³-hybridized carbons (Fsp3) is 0.562. The standard InChI is InChI=1S/C16H23FN2O4S/c1-3-8-18-16(20)12-5-4-9-19(11-12)24(21,22)15-10-13(17)6-7-14(15)23-2/h6-7,10,12H,3-5,8-9,11H2,1-2H3,(H,18,20). The second-order valence-electron chi connectivity index (χ2n) is 5.79. The number of nitrogens with one attached hydrogen (secondary N) is 1. The lowest BCUT2D eigenvalue weighted by atomic mass is 9.99. The summed E-state index contributed by atoms with van der Waals surface area (Å²) in [5.41, 5.74) is 0. The maximum absolute atomic E-state index is 13.5. The monoisotopic (exact) mass is 358 g/mol. The quantitative estimate of drug-likeness (QED) is 0.841. The second-order valence-corrected chi connectivity index (χ2v) is 7.69. The summed E-state index contributed by atoms with van der Waals surface area (Å²) in [6.45, 7) is 2.92. The van der Waals surface area contributed by atoms with Gasteiger partial charge in [-0.25, -0.2) is 12.8 Å². The molecular formula is C16H23FN2O4S. The van der Waals surface area contributed by atoms with Gasteiger partial charge in [-0.1, -0.05) is 6.92 Å². The van der Waals surface area contributed by atoms with E-state index in [9.17, 15) is 17.6 Å². The molecule has 1 aromatic rings. The molecule has 0 radical (unpaired) electrons. The van der Waals surface area contributed by atoms with Gasteiger partial charge in [-0.3, -0.25) is 4.79 Å². The summed E-state index contributed by atoms with van der Waals surface area (Å²) in [6.07, 6.45) is 2.05. The molecule has 8 heteroatoms. The first-order chi connectivity index (χ1) is 11.4. The van der Waals surface area contributed by atoms with Crippen LogP contribution in [-0.4, -0.2) is 45.4 Å². The smallest absolute Gasteiger partial charge is 0.246 e. The number of amides is 1. The van der Waals surface area contributed by atoms with E-state index in [0.29, 0.717) is 25.9 Å². The molecule has 0 aromatic heterocycles. The molecule has 2 rings (SSSR count). The number of rotatable bonds is 6. The molecule has 1 fully saturated rings. The summed E-state index contributed by atoms with van der Waals surface area (Å²) in [7, 11) is -2.59. The zero-order valence-corrected chi connectivity index (χ0v) is 14.7. The zero-order valence-electron chi connectivity index (χ0n) is 13.9.